The number of halogens is 1. The van der Waals surface area contributed by atoms with Crippen LogP contribution in [0.15, 0.2) is 0 Å². The molecule has 4 atom stereocenters. The minimum Gasteiger partial charge on any atom is -0.458 e. The number of aliphatic hydroxyl groups excluding tert-OH is 1. The van der Waals surface area contributed by atoms with Gasteiger partial charge in [0.15, 0.2) is 6.10 Å². The lowest BCUT2D eigenvalue weighted by atomic mass is 9.85. The van der Waals surface area contributed by atoms with Crippen LogP contribution in [0.4, 0.5) is 0 Å². The predicted octanol–water partition coefficient (Wildman–Crippen LogP) is -0.734. The van der Waals surface area contributed by atoms with Crippen molar-refractivity contribution in [3.05, 3.63) is 0 Å². The molecule has 0 aromatic carbocycles. The molecule has 1 aliphatic rings. The van der Waals surface area contributed by atoms with E-state index in [9.17, 15) is 4.79 Å². The van der Waals surface area contributed by atoms with Crippen molar-refractivity contribution in [1.29, 1.82) is 0 Å². The molecular weight excluding hydrogens is 206 g/mol. The summed E-state index contributed by atoms with van der Waals surface area (Å²) in [5.74, 6) is -0.418. The van der Waals surface area contributed by atoms with Crippen LogP contribution >= 0.6 is 11.6 Å². The van der Waals surface area contributed by atoms with E-state index in [-0.39, 0.29) is 12.6 Å². The average Bonchev–Trinajstić information content (AvgIpc) is 2.28. The molecule has 6 heteroatoms. The molecule has 80 valence electrons. The molecule has 1 aliphatic heterocycles. The van der Waals surface area contributed by atoms with Crippen LogP contribution in [0.1, 0.15) is 13.8 Å². The summed E-state index contributed by atoms with van der Waals surface area (Å²) in [5.41, 5.74) is 0. The third-order valence-electron chi connectivity index (χ3n) is 2.54. The van der Waals surface area contributed by atoms with Gasteiger partial charge in [-0.3, -0.25) is 4.79 Å². The summed E-state index contributed by atoms with van der Waals surface area (Å²) in [6.07, 6.45) is -1.13. The zero-order chi connectivity index (χ0) is 10.9. The van der Waals surface area contributed by atoms with Gasteiger partial charge in [0.25, 0.3) is 0 Å². The fraction of sp³-hybridized carbons (Fsp3) is 0.875. The highest BCUT2D eigenvalue weighted by molar-refractivity contribution is 6.30. The molecule has 0 aliphatic carbocycles. The Labute approximate surface area is 88.9 Å². The molecule has 0 bridgehead atoms. The first kappa shape index (κ1) is 11.8. The fourth-order valence-corrected chi connectivity index (χ4v) is 1.81. The largest absolute Gasteiger partial charge is 0.458 e. The predicted molar refractivity (Wildman–Crippen MR) is 54.1 cm³/mol. The van der Waals surface area contributed by atoms with E-state index >= 15 is 0 Å². The Kier molecular flexibility index (Phi) is 3.45. The van der Waals surface area contributed by atoms with E-state index in [1.54, 1.807) is 14.8 Å². The van der Waals surface area contributed by atoms with Gasteiger partial charge in [0.1, 0.15) is 14.0 Å². The quantitative estimate of drug-likeness (QED) is 0.379. The van der Waals surface area contributed by atoms with E-state index in [0.717, 1.165) is 0 Å². The highest BCUT2D eigenvalue weighted by Crippen LogP contribution is 2.37. The SMILES string of the molecule is B[C@@H]1O[C@H](CO)[C@@H](OC(C)=O)[C@]1(C)Cl. The number of esters is 1. The van der Waals surface area contributed by atoms with E-state index in [1.165, 1.54) is 6.92 Å². The molecule has 1 heterocycles. The molecule has 0 amide bonds. The zero-order valence-corrected chi connectivity index (χ0v) is 9.25. The molecule has 1 N–H and O–H groups in total. The Morgan fingerprint density at radius 1 is 1.79 bits per heavy atom. The number of hydrogen-bond acceptors (Lipinski definition) is 4. The average molecular weight is 220 g/mol. The van der Waals surface area contributed by atoms with Gasteiger partial charge in [0.2, 0.25) is 0 Å². The first-order valence-electron chi connectivity index (χ1n) is 4.52. The van der Waals surface area contributed by atoms with Gasteiger partial charge in [-0.1, -0.05) is 0 Å². The van der Waals surface area contributed by atoms with E-state index in [4.69, 9.17) is 26.2 Å². The van der Waals surface area contributed by atoms with Crippen molar-refractivity contribution < 1.29 is 19.4 Å². The number of rotatable bonds is 2. The van der Waals surface area contributed by atoms with Crippen LogP contribution in [-0.4, -0.2) is 48.6 Å². The van der Waals surface area contributed by atoms with Crippen molar-refractivity contribution in [2.24, 2.45) is 0 Å². The van der Waals surface area contributed by atoms with Gasteiger partial charge >= 0.3 is 5.97 Å². The van der Waals surface area contributed by atoms with E-state index in [0.29, 0.717) is 0 Å². The summed E-state index contributed by atoms with van der Waals surface area (Å²) in [6, 6.07) is -0.259. The number of carbonyl (C=O) groups is 1. The topological polar surface area (TPSA) is 55.8 Å². The number of hydrogen-bond donors (Lipinski definition) is 1. The maximum atomic E-state index is 10.8. The molecule has 1 rings (SSSR count). The Morgan fingerprint density at radius 3 is 2.79 bits per heavy atom. The van der Waals surface area contributed by atoms with Gasteiger partial charge < -0.3 is 14.6 Å². The standard InChI is InChI=1S/C8H14BClO4/c1-4(12)13-6-5(3-11)14-7(9)8(6,2)10/h5-7,11H,3,9H2,1-2H3/t5-,6-,7-,8+/m1/s1. The van der Waals surface area contributed by atoms with Crippen LogP contribution in [-0.2, 0) is 14.3 Å². The number of carbonyl (C=O) groups excluding carboxylic acids is 1. The summed E-state index contributed by atoms with van der Waals surface area (Å²) in [4.78, 5) is 10.1. The molecule has 1 fully saturated rings. The van der Waals surface area contributed by atoms with Crippen molar-refractivity contribution in [1.82, 2.24) is 0 Å². The molecule has 0 radical (unpaired) electrons. The van der Waals surface area contributed by atoms with Gasteiger partial charge in [-0.25, -0.2) is 0 Å². The second-order valence-electron chi connectivity index (χ2n) is 3.68. The van der Waals surface area contributed by atoms with Gasteiger partial charge in [0, 0.05) is 12.9 Å². The molecular formula is C8H14BClO4. The van der Waals surface area contributed by atoms with Gasteiger partial charge in [-0.15, -0.1) is 11.6 Å². The Bertz CT molecular complexity index is 233. The third-order valence-corrected chi connectivity index (χ3v) is 3.06. The van der Waals surface area contributed by atoms with Gasteiger partial charge in [0.05, 0.1) is 11.5 Å². The zero-order valence-electron chi connectivity index (χ0n) is 8.49. The highest BCUT2D eigenvalue weighted by atomic mass is 35.5. The molecule has 1 saturated heterocycles. The van der Waals surface area contributed by atoms with Crippen LogP contribution in [0.25, 0.3) is 0 Å². The maximum Gasteiger partial charge on any atom is 0.303 e. The third kappa shape index (κ3) is 2.05. The second-order valence-corrected chi connectivity index (χ2v) is 4.49. The van der Waals surface area contributed by atoms with Crippen molar-refractivity contribution in [2.45, 2.75) is 36.9 Å². The number of alkyl halides is 1. The molecule has 14 heavy (non-hydrogen) atoms. The number of ether oxygens (including phenoxy) is 2. The Morgan fingerprint density at radius 2 is 2.36 bits per heavy atom. The van der Waals surface area contributed by atoms with Gasteiger partial charge in [-0.05, 0) is 6.92 Å². The fourth-order valence-electron chi connectivity index (χ4n) is 1.57. The van der Waals surface area contributed by atoms with Crippen LogP contribution in [0, 0.1) is 0 Å². The summed E-state index contributed by atoms with van der Waals surface area (Å²) in [6.45, 7) is 2.84. The molecule has 0 unspecified atom stereocenters. The van der Waals surface area contributed by atoms with E-state index in [2.05, 4.69) is 0 Å². The van der Waals surface area contributed by atoms with E-state index in [1.807, 2.05) is 0 Å². The van der Waals surface area contributed by atoms with Crippen LogP contribution < -0.4 is 0 Å². The molecule has 0 aromatic rings. The van der Waals surface area contributed by atoms with Crippen LogP contribution in [0.5, 0.6) is 0 Å². The lowest BCUT2D eigenvalue weighted by Gasteiger charge is -2.26. The van der Waals surface area contributed by atoms with Gasteiger partial charge in [-0.2, -0.15) is 0 Å². The summed E-state index contributed by atoms with van der Waals surface area (Å²) < 4.78 is 10.4. The van der Waals surface area contributed by atoms with Crippen molar-refractivity contribution in [3.63, 3.8) is 0 Å². The van der Waals surface area contributed by atoms with Crippen LogP contribution in [0.2, 0.25) is 0 Å². The summed E-state index contributed by atoms with van der Waals surface area (Å²) in [7, 11) is 1.79. The smallest absolute Gasteiger partial charge is 0.303 e. The minimum absolute atomic E-state index is 0.204. The first-order valence-corrected chi connectivity index (χ1v) is 4.89. The molecule has 4 nitrogen and oxygen atoms in total. The van der Waals surface area contributed by atoms with Crippen molar-refractivity contribution >= 4 is 25.4 Å². The first-order chi connectivity index (χ1) is 6.39. The second kappa shape index (κ2) is 4.09. The molecule has 0 aromatic heterocycles. The normalized spacial score (nSPS) is 42.4. The van der Waals surface area contributed by atoms with Crippen LogP contribution in [0.3, 0.4) is 0 Å². The monoisotopic (exact) mass is 220 g/mol. The Balaban J connectivity index is 2.80. The minimum atomic E-state index is -0.779. The molecule has 0 saturated carbocycles. The highest BCUT2D eigenvalue weighted by Gasteiger charge is 2.52. The van der Waals surface area contributed by atoms with Crippen molar-refractivity contribution in [2.75, 3.05) is 6.61 Å². The van der Waals surface area contributed by atoms with Crippen molar-refractivity contribution in [3.8, 4) is 0 Å². The van der Waals surface area contributed by atoms with E-state index < -0.39 is 23.1 Å². The lowest BCUT2D eigenvalue weighted by Crippen LogP contribution is -2.44. The Hall–Kier alpha value is -0.255. The molecule has 0 spiro atoms. The number of aliphatic hydroxyl groups is 1. The summed E-state index contributed by atoms with van der Waals surface area (Å²) >= 11 is 6.19. The maximum absolute atomic E-state index is 10.8. The lowest BCUT2D eigenvalue weighted by molar-refractivity contribution is -0.150. The summed E-state index contributed by atoms with van der Waals surface area (Å²) in [5, 5.41) is 9.02.